The van der Waals surface area contributed by atoms with Crippen LogP contribution >= 0.6 is 11.3 Å². The van der Waals surface area contributed by atoms with Crippen LogP contribution in [0.2, 0.25) is 0 Å². The zero-order valence-electron chi connectivity index (χ0n) is 12.0. The summed E-state index contributed by atoms with van der Waals surface area (Å²) in [6.07, 6.45) is 0. The number of nitrogens with one attached hydrogen (secondary N) is 1. The molecule has 3 rings (SSSR count). The minimum absolute atomic E-state index is 0.0614. The number of hydrogen-bond acceptors (Lipinski definition) is 5. The van der Waals surface area contributed by atoms with Crippen molar-refractivity contribution >= 4 is 17.2 Å². The van der Waals surface area contributed by atoms with Crippen LogP contribution in [-0.4, -0.2) is 16.0 Å². The van der Waals surface area contributed by atoms with Crippen molar-refractivity contribution in [3.63, 3.8) is 0 Å². The van der Waals surface area contributed by atoms with Crippen molar-refractivity contribution < 1.29 is 9.32 Å². The standard InChI is InChI=1S/C16H15N3O2S/c1-11(12-6-3-2-4-7-12)15(20)17-10-14-18-16(21-19-14)13-8-5-9-22-13/h2-9,11H,10H2,1H3,(H,17,20). The first-order valence-electron chi connectivity index (χ1n) is 6.93. The first-order valence-corrected chi connectivity index (χ1v) is 7.81. The molecule has 1 atom stereocenters. The van der Waals surface area contributed by atoms with Crippen molar-refractivity contribution in [3.05, 3.63) is 59.2 Å². The molecule has 0 saturated carbocycles. The molecule has 6 heteroatoms. The molecule has 2 heterocycles. The van der Waals surface area contributed by atoms with Crippen molar-refractivity contribution in [3.8, 4) is 10.8 Å². The van der Waals surface area contributed by atoms with Gasteiger partial charge in [-0.2, -0.15) is 4.98 Å². The first kappa shape index (κ1) is 14.5. The van der Waals surface area contributed by atoms with E-state index in [4.69, 9.17) is 4.52 Å². The third-order valence-electron chi connectivity index (χ3n) is 3.31. The van der Waals surface area contributed by atoms with Gasteiger partial charge >= 0.3 is 0 Å². The van der Waals surface area contributed by atoms with E-state index < -0.39 is 0 Å². The molecule has 22 heavy (non-hydrogen) atoms. The number of aromatic nitrogens is 2. The number of carbonyl (C=O) groups is 1. The molecule has 0 radical (unpaired) electrons. The summed E-state index contributed by atoms with van der Waals surface area (Å²) in [5.74, 6) is 0.672. The Labute approximate surface area is 132 Å². The molecule has 0 aliphatic rings. The monoisotopic (exact) mass is 313 g/mol. The van der Waals surface area contributed by atoms with Gasteiger partial charge in [0.1, 0.15) is 0 Å². The Morgan fingerprint density at radius 1 is 1.27 bits per heavy atom. The van der Waals surface area contributed by atoms with Crippen molar-refractivity contribution in [2.75, 3.05) is 0 Å². The van der Waals surface area contributed by atoms with Gasteiger partial charge in [0.25, 0.3) is 5.89 Å². The predicted molar refractivity (Wildman–Crippen MR) is 84.3 cm³/mol. The number of carbonyl (C=O) groups excluding carboxylic acids is 1. The summed E-state index contributed by atoms with van der Waals surface area (Å²) in [4.78, 5) is 17.4. The van der Waals surface area contributed by atoms with Gasteiger partial charge < -0.3 is 9.84 Å². The van der Waals surface area contributed by atoms with Gasteiger partial charge in [0.2, 0.25) is 5.91 Å². The maximum absolute atomic E-state index is 12.2. The van der Waals surface area contributed by atoms with Crippen LogP contribution in [0.4, 0.5) is 0 Å². The van der Waals surface area contributed by atoms with Gasteiger partial charge in [-0.1, -0.05) is 41.6 Å². The van der Waals surface area contributed by atoms with Gasteiger partial charge in [-0.05, 0) is 23.9 Å². The number of hydrogen-bond donors (Lipinski definition) is 1. The molecule has 1 N–H and O–H groups in total. The van der Waals surface area contributed by atoms with E-state index in [1.807, 2.05) is 54.8 Å². The van der Waals surface area contributed by atoms with Crippen LogP contribution in [0.5, 0.6) is 0 Å². The fourth-order valence-corrected chi connectivity index (χ4v) is 2.68. The van der Waals surface area contributed by atoms with Crippen LogP contribution in [0.1, 0.15) is 24.2 Å². The third kappa shape index (κ3) is 3.23. The normalized spacial score (nSPS) is 12.0. The Morgan fingerprint density at radius 2 is 2.09 bits per heavy atom. The molecule has 5 nitrogen and oxygen atoms in total. The second-order valence-corrected chi connectivity index (χ2v) is 5.79. The molecule has 0 fully saturated rings. The summed E-state index contributed by atoms with van der Waals surface area (Å²) in [6.45, 7) is 2.13. The van der Waals surface area contributed by atoms with E-state index in [-0.39, 0.29) is 18.4 Å². The fourth-order valence-electron chi connectivity index (χ4n) is 2.04. The second-order valence-electron chi connectivity index (χ2n) is 4.84. The highest BCUT2D eigenvalue weighted by Gasteiger charge is 2.16. The fraction of sp³-hybridized carbons (Fsp3) is 0.188. The molecule has 1 amide bonds. The minimum atomic E-state index is -0.218. The molecule has 0 bridgehead atoms. The second kappa shape index (κ2) is 6.53. The van der Waals surface area contributed by atoms with E-state index in [0.29, 0.717) is 11.7 Å². The summed E-state index contributed by atoms with van der Waals surface area (Å²) in [5, 5.41) is 8.66. The number of nitrogens with zero attached hydrogens (tertiary/aromatic N) is 2. The summed E-state index contributed by atoms with van der Waals surface area (Å²) in [6, 6.07) is 13.5. The molecule has 0 aliphatic carbocycles. The summed E-state index contributed by atoms with van der Waals surface area (Å²) >= 11 is 1.53. The lowest BCUT2D eigenvalue weighted by molar-refractivity contribution is -0.122. The van der Waals surface area contributed by atoms with Gasteiger partial charge in [0.15, 0.2) is 5.82 Å². The van der Waals surface area contributed by atoms with Crippen LogP contribution in [0.15, 0.2) is 52.4 Å². The molecule has 0 saturated heterocycles. The molecule has 3 aromatic rings. The van der Waals surface area contributed by atoms with Crippen molar-refractivity contribution in [2.24, 2.45) is 0 Å². The molecule has 0 spiro atoms. The summed E-state index contributed by atoms with van der Waals surface area (Å²) in [7, 11) is 0. The van der Waals surface area contributed by atoms with E-state index in [9.17, 15) is 4.79 Å². The maximum atomic E-state index is 12.2. The highest BCUT2D eigenvalue weighted by molar-refractivity contribution is 7.13. The molecule has 2 aromatic heterocycles. The Bertz CT molecular complexity index is 738. The Balaban J connectivity index is 1.59. The maximum Gasteiger partial charge on any atom is 0.268 e. The molecule has 0 aliphatic heterocycles. The van der Waals surface area contributed by atoms with E-state index in [1.165, 1.54) is 11.3 Å². The van der Waals surface area contributed by atoms with Crippen LogP contribution in [-0.2, 0) is 11.3 Å². The average Bonchev–Trinajstić information content (AvgIpc) is 3.23. The van der Waals surface area contributed by atoms with Crippen LogP contribution < -0.4 is 5.32 Å². The van der Waals surface area contributed by atoms with E-state index in [2.05, 4.69) is 15.5 Å². The van der Waals surface area contributed by atoms with Crippen molar-refractivity contribution in [1.82, 2.24) is 15.5 Å². The highest BCUT2D eigenvalue weighted by Crippen LogP contribution is 2.22. The minimum Gasteiger partial charge on any atom is -0.348 e. The van der Waals surface area contributed by atoms with Gasteiger partial charge in [0, 0.05) is 0 Å². The Morgan fingerprint density at radius 3 is 2.82 bits per heavy atom. The highest BCUT2D eigenvalue weighted by atomic mass is 32.1. The Hall–Kier alpha value is -2.47. The molecule has 1 aromatic carbocycles. The summed E-state index contributed by atoms with van der Waals surface area (Å²) < 4.78 is 5.18. The number of amides is 1. The van der Waals surface area contributed by atoms with Gasteiger partial charge in [-0.3, -0.25) is 4.79 Å². The zero-order chi connectivity index (χ0) is 15.4. The molecular weight excluding hydrogens is 298 g/mol. The predicted octanol–water partition coefficient (Wildman–Crippen LogP) is 3.22. The molecule has 112 valence electrons. The van der Waals surface area contributed by atoms with Crippen molar-refractivity contribution in [2.45, 2.75) is 19.4 Å². The largest absolute Gasteiger partial charge is 0.348 e. The molecular formula is C16H15N3O2S. The van der Waals surface area contributed by atoms with Gasteiger partial charge in [0.05, 0.1) is 17.3 Å². The van der Waals surface area contributed by atoms with Crippen LogP contribution in [0, 0.1) is 0 Å². The lowest BCUT2D eigenvalue weighted by Crippen LogP contribution is -2.27. The smallest absolute Gasteiger partial charge is 0.268 e. The average molecular weight is 313 g/mol. The number of rotatable bonds is 5. The third-order valence-corrected chi connectivity index (χ3v) is 4.17. The first-order chi connectivity index (χ1) is 10.7. The van der Waals surface area contributed by atoms with Gasteiger partial charge in [-0.15, -0.1) is 11.3 Å². The summed E-state index contributed by atoms with van der Waals surface area (Å²) in [5.41, 5.74) is 0.979. The van der Waals surface area contributed by atoms with Crippen molar-refractivity contribution in [1.29, 1.82) is 0 Å². The SMILES string of the molecule is CC(C(=O)NCc1noc(-c2cccs2)n1)c1ccccc1. The number of thiophene rings is 1. The molecule has 1 unspecified atom stereocenters. The topological polar surface area (TPSA) is 68.0 Å². The van der Waals surface area contributed by atoms with Crippen LogP contribution in [0.3, 0.4) is 0 Å². The quantitative estimate of drug-likeness (QED) is 0.785. The Kier molecular flexibility index (Phi) is 4.29. The number of benzene rings is 1. The van der Waals surface area contributed by atoms with E-state index >= 15 is 0 Å². The zero-order valence-corrected chi connectivity index (χ0v) is 12.8. The van der Waals surface area contributed by atoms with Crippen LogP contribution in [0.25, 0.3) is 10.8 Å². The van der Waals surface area contributed by atoms with Gasteiger partial charge in [-0.25, -0.2) is 0 Å². The van der Waals surface area contributed by atoms with E-state index in [0.717, 1.165) is 10.4 Å². The lowest BCUT2D eigenvalue weighted by atomic mass is 10.0. The van der Waals surface area contributed by atoms with E-state index in [1.54, 1.807) is 0 Å². The lowest BCUT2D eigenvalue weighted by Gasteiger charge is -2.11.